The third kappa shape index (κ3) is 3.65. The standard InChI is InChI=1S/C15H13Cl2FN2O/c1-2-19-13-6-4-3-5-10(13)15(21)20-14-11(16)7-9(18)8-12(14)17/h3-8,19H,2H2,1H3,(H,20,21). The lowest BCUT2D eigenvalue weighted by molar-refractivity contribution is 0.102. The SMILES string of the molecule is CCNc1ccccc1C(=O)Nc1c(Cl)cc(F)cc1Cl. The fourth-order valence-electron chi connectivity index (χ4n) is 1.87. The van der Waals surface area contributed by atoms with Crippen LogP contribution in [0.1, 0.15) is 17.3 Å². The summed E-state index contributed by atoms with van der Waals surface area (Å²) in [5.41, 5.74) is 1.35. The minimum Gasteiger partial charge on any atom is -0.385 e. The maximum atomic E-state index is 13.1. The van der Waals surface area contributed by atoms with Crippen LogP contribution in [0.4, 0.5) is 15.8 Å². The fourth-order valence-corrected chi connectivity index (χ4v) is 2.42. The molecular weight excluding hydrogens is 314 g/mol. The third-order valence-electron chi connectivity index (χ3n) is 2.78. The lowest BCUT2D eigenvalue weighted by Gasteiger charge is -2.13. The minimum atomic E-state index is -0.559. The molecule has 0 aliphatic rings. The van der Waals surface area contributed by atoms with Gasteiger partial charge in [0.1, 0.15) is 5.82 Å². The second-order valence-electron chi connectivity index (χ2n) is 4.27. The fraction of sp³-hybridized carbons (Fsp3) is 0.133. The van der Waals surface area contributed by atoms with Gasteiger partial charge in [-0.2, -0.15) is 0 Å². The van der Waals surface area contributed by atoms with E-state index in [0.29, 0.717) is 17.8 Å². The van der Waals surface area contributed by atoms with Crippen molar-refractivity contribution in [2.24, 2.45) is 0 Å². The second kappa shape index (κ2) is 6.78. The van der Waals surface area contributed by atoms with E-state index in [9.17, 15) is 9.18 Å². The van der Waals surface area contributed by atoms with Crippen LogP contribution in [0.2, 0.25) is 10.0 Å². The Morgan fingerprint density at radius 1 is 1.19 bits per heavy atom. The predicted molar refractivity (Wildman–Crippen MR) is 85.0 cm³/mol. The first kappa shape index (κ1) is 15.6. The van der Waals surface area contributed by atoms with Gasteiger partial charge in [-0.3, -0.25) is 4.79 Å². The van der Waals surface area contributed by atoms with Gasteiger partial charge >= 0.3 is 0 Å². The number of rotatable bonds is 4. The van der Waals surface area contributed by atoms with Gasteiger partial charge in [0.2, 0.25) is 0 Å². The number of hydrogen-bond donors (Lipinski definition) is 2. The van der Waals surface area contributed by atoms with Crippen molar-refractivity contribution in [2.75, 3.05) is 17.2 Å². The molecule has 0 bridgehead atoms. The second-order valence-corrected chi connectivity index (χ2v) is 5.09. The largest absolute Gasteiger partial charge is 0.385 e. The lowest BCUT2D eigenvalue weighted by atomic mass is 10.1. The van der Waals surface area contributed by atoms with E-state index in [4.69, 9.17) is 23.2 Å². The molecule has 2 aromatic rings. The number of carbonyl (C=O) groups is 1. The van der Waals surface area contributed by atoms with E-state index in [2.05, 4.69) is 10.6 Å². The van der Waals surface area contributed by atoms with E-state index in [0.717, 1.165) is 12.1 Å². The molecule has 1 amide bonds. The van der Waals surface area contributed by atoms with E-state index in [1.165, 1.54) is 0 Å². The molecule has 3 nitrogen and oxygen atoms in total. The molecule has 0 saturated heterocycles. The number of carbonyl (C=O) groups excluding carboxylic acids is 1. The van der Waals surface area contributed by atoms with E-state index in [1.54, 1.807) is 18.2 Å². The van der Waals surface area contributed by atoms with Crippen molar-refractivity contribution in [1.29, 1.82) is 0 Å². The van der Waals surface area contributed by atoms with Crippen molar-refractivity contribution in [3.05, 3.63) is 57.8 Å². The highest BCUT2D eigenvalue weighted by atomic mass is 35.5. The van der Waals surface area contributed by atoms with Crippen LogP contribution in [-0.4, -0.2) is 12.5 Å². The maximum Gasteiger partial charge on any atom is 0.257 e. The van der Waals surface area contributed by atoms with Crippen molar-refractivity contribution >= 4 is 40.5 Å². The minimum absolute atomic E-state index is 0.0503. The Kier molecular flexibility index (Phi) is 5.04. The van der Waals surface area contributed by atoms with Gasteiger partial charge in [-0.15, -0.1) is 0 Å². The van der Waals surface area contributed by atoms with Gasteiger partial charge in [-0.05, 0) is 31.2 Å². The molecule has 0 atom stereocenters. The Labute approximate surface area is 132 Å². The van der Waals surface area contributed by atoms with Gasteiger partial charge in [0.25, 0.3) is 5.91 Å². The summed E-state index contributed by atoms with van der Waals surface area (Å²) in [6.07, 6.45) is 0. The van der Waals surface area contributed by atoms with Crippen molar-refractivity contribution < 1.29 is 9.18 Å². The van der Waals surface area contributed by atoms with Crippen LogP contribution in [0.5, 0.6) is 0 Å². The first-order chi connectivity index (χ1) is 10.0. The number of amides is 1. The summed E-state index contributed by atoms with van der Waals surface area (Å²) in [7, 11) is 0. The first-order valence-corrected chi connectivity index (χ1v) is 7.07. The molecular formula is C15H13Cl2FN2O. The van der Waals surface area contributed by atoms with Gasteiger partial charge in [-0.25, -0.2) is 4.39 Å². The molecule has 2 rings (SSSR count). The maximum absolute atomic E-state index is 13.1. The molecule has 0 spiro atoms. The van der Waals surface area contributed by atoms with Gasteiger partial charge < -0.3 is 10.6 Å². The quantitative estimate of drug-likeness (QED) is 0.845. The number of benzene rings is 2. The predicted octanol–water partition coefficient (Wildman–Crippen LogP) is 4.82. The smallest absolute Gasteiger partial charge is 0.257 e. The summed E-state index contributed by atoms with van der Waals surface area (Å²) in [6, 6.07) is 9.25. The molecule has 21 heavy (non-hydrogen) atoms. The van der Waals surface area contributed by atoms with Crippen LogP contribution >= 0.6 is 23.2 Å². The molecule has 0 saturated carbocycles. The molecule has 0 radical (unpaired) electrons. The number of para-hydroxylation sites is 1. The molecule has 0 aliphatic heterocycles. The van der Waals surface area contributed by atoms with Crippen LogP contribution in [0.3, 0.4) is 0 Å². The average molecular weight is 327 g/mol. The van der Waals surface area contributed by atoms with Gasteiger partial charge in [-0.1, -0.05) is 35.3 Å². The van der Waals surface area contributed by atoms with E-state index in [-0.39, 0.29) is 21.6 Å². The first-order valence-electron chi connectivity index (χ1n) is 6.31. The van der Waals surface area contributed by atoms with Crippen molar-refractivity contribution in [3.63, 3.8) is 0 Å². The Balaban J connectivity index is 2.31. The zero-order valence-electron chi connectivity index (χ0n) is 11.2. The number of halogens is 3. The molecule has 0 unspecified atom stereocenters. The molecule has 6 heteroatoms. The molecule has 2 N–H and O–H groups in total. The van der Waals surface area contributed by atoms with Crippen molar-refractivity contribution in [1.82, 2.24) is 0 Å². The highest BCUT2D eigenvalue weighted by Gasteiger charge is 2.15. The van der Waals surface area contributed by atoms with Gasteiger partial charge in [0.15, 0.2) is 0 Å². The highest BCUT2D eigenvalue weighted by Crippen LogP contribution is 2.32. The van der Waals surface area contributed by atoms with E-state index in [1.807, 2.05) is 13.0 Å². The van der Waals surface area contributed by atoms with Crippen molar-refractivity contribution in [3.8, 4) is 0 Å². The normalized spacial score (nSPS) is 10.3. The molecule has 0 aromatic heterocycles. The van der Waals surface area contributed by atoms with Crippen LogP contribution < -0.4 is 10.6 Å². The molecule has 0 aliphatic carbocycles. The summed E-state index contributed by atoms with van der Waals surface area (Å²) in [4.78, 5) is 12.3. The molecule has 2 aromatic carbocycles. The zero-order valence-corrected chi connectivity index (χ0v) is 12.7. The van der Waals surface area contributed by atoms with Crippen LogP contribution in [0.15, 0.2) is 36.4 Å². The number of nitrogens with one attached hydrogen (secondary N) is 2. The van der Waals surface area contributed by atoms with Crippen LogP contribution in [0.25, 0.3) is 0 Å². The topological polar surface area (TPSA) is 41.1 Å². The van der Waals surface area contributed by atoms with Crippen LogP contribution in [0, 0.1) is 5.82 Å². The molecule has 110 valence electrons. The third-order valence-corrected chi connectivity index (χ3v) is 3.38. The number of anilines is 2. The lowest BCUT2D eigenvalue weighted by Crippen LogP contribution is -2.15. The van der Waals surface area contributed by atoms with Gasteiger partial charge in [0.05, 0.1) is 21.3 Å². The van der Waals surface area contributed by atoms with E-state index < -0.39 is 5.82 Å². The van der Waals surface area contributed by atoms with Gasteiger partial charge in [0, 0.05) is 12.2 Å². The molecule has 0 heterocycles. The Morgan fingerprint density at radius 3 is 2.43 bits per heavy atom. The molecule has 0 fully saturated rings. The van der Waals surface area contributed by atoms with Crippen LogP contribution in [-0.2, 0) is 0 Å². The summed E-state index contributed by atoms with van der Waals surface area (Å²) < 4.78 is 13.1. The van der Waals surface area contributed by atoms with E-state index >= 15 is 0 Å². The number of hydrogen-bond acceptors (Lipinski definition) is 2. The Bertz CT molecular complexity index is 653. The Morgan fingerprint density at radius 2 is 1.81 bits per heavy atom. The monoisotopic (exact) mass is 326 g/mol. The summed E-state index contributed by atoms with van der Waals surface area (Å²) in [6.45, 7) is 2.62. The highest BCUT2D eigenvalue weighted by molar-refractivity contribution is 6.40. The Hall–Kier alpha value is -1.78. The summed E-state index contributed by atoms with van der Waals surface area (Å²) in [5.74, 6) is -0.932. The summed E-state index contributed by atoms with van der Waals surface area (Å²) in [5, 5.41) is 5.81. The summed E-state index contributed by atoms with van der Waals surface area (Å²) >= 11 is 11.8. The van der Waals surface area contributed by atoms with Crippen molar-refractivity contribution in [2.45, 2.75) is 6.92 Å². The average Bonchev–Trinajstić information content (AvgIpc) is 2.43. The zero-order chi connectivity index (χ0) is 15.4.